The van der Waals surface area contributed by atoms with Crippen LogP contribution in [0.1, 0.15) is 26.3 Å². The van der Waals surface area contributed by atoms with Crippen LogP contribution < -0.4 is 4.90 Å². The number of rotatable bonds is 3. The highest BCUT2D eigenvalue weighted by Crippen LogP contribution is 2.27. The van der Waals surface area contributed by atoms with Gasteiger partial charge in [0.2, 0.25) is 0 Å². The molecule has 0 unspecified atom stereocenters. The second-order valence-electron chi connectivity index (χ2n) is 5.97. The van der Waals surface area contributed by atoms with Crippen LogP contribution in [-0.4, -0.2) is 28.1 Å². The number of anilines is 1. The van der Waals surface area contributed by atoms with Gasteiger partial charge in [0.25, 0.3) is 0 Å². The highest BCUT2D eigenvalue weighted by Gasteiger charge is 2.26. The molecule has 0 fully saturated rings. The van der Waals surface area contributed by atoms with E-state index in [1.807, 2.05) is 56.9 Å². The minimum Gasteiger partial charge on any atom is -0.480 e. The maximum Gasteiger partial charge on any atom is 0.323 e. The Morgan fingerprint density at radius 1 is 1.30 bits per heavy atom. The van der Waals surface area contributed by atoms with Gasteiger partial charge in [0, 0.05) is 10.9 Å². The molecule has 0 saturated carbocycles. The topological polar surface area (TPSA) is 53.4 Å². The lowest BCUT2D eigenvalue weighted by Gasteiger charge is -2.36. The van der Waals surface area contributed by atoms with Gasteiger partial charge in [-0.05, 0) is 45.4 Å². The van der Waals surface area contributed by atoms with Crippen molar-refractivity contribution in [1.29, 1.82) is 0 Å². The number of aliphatic carboxylic acids is 1. The Kier molecular flexibility index (Phi) is 3.66. The molecule has 20 heavy (non-hydrogen) atoms. The molecule has 0 amide bonds. The van der Waals surface area contributed by atoms with Crippen LogP contribution in [-0.2, 0) is 4.79 Å². The van der Waals surface area contributed by atoms with E-state index in [1.54, 1.807) is 0 Å². The van der Waals surface area contributed by atoms with Crippen molar-refractivity contribution >= 4 is 22.7 Å². The van der Waals surface area contributed by atoms with Gasteiger partial charge in [0.05, 0.1) is 5.52 Å². The fraction of sp³-hybridized carbons (Fsp3) is 0.375. The zero-order valence-corrected chi connectivity index (χ0v) is 12.3. The predicted molar refractivity (Wildman–Crippen MR) is 81.2 cm³/mol. The van der Waals surface area contributed by atoms with E-state index in [9.17, 15) is 4.79 Å². The molecule has 0 spiro atoms. The van der Waals surface area contributed by atoms with Crippen molar-refractivity contribution in [2.24, 2.45) is 0 Å². The van der Waals surface area contributed by atoms with E-state index in [1.165, 1.54) is 0 Å². The average Bonchev–Trinajstić information content (AvgIpc) is 2.34. The molecule has 1 aromatic heterocycles. The van der Waals surface area contributed by atoms with Gasteiger partial charge in [-0.25, -0.2) is 4.98 Å². The highest BCUT2D eigenvalue weighted by atomic mass is 16.4. The summed E-state index contributed by atoms with van der Waals surface area (Å²) in [4.78, 5) is 17.6. The van der Waals surface area contributed by atoms with Gasteiger partial charge < -0.3 is 10.0 Å². The van der Waals surface area contributed by atoms with Gasteiger partial charge in [-0.15, -0.1) is 0 Å². The van der Waals surface area contributed by atoms with Crippen LogP contribution in [0.25, 0.3) is 10.9 Å². The lowest BCUT2D eigenvalue weighted by atomic mass is 10.0. The fourth-order valence-corrected chi connectivity index (χ4v) is 2.25. The van der Waals surface area contributed by atoms with Crippen molar-refractivity contribution < 1.29 is 9.90 Å². The Morgan fingerprint density at radius 3 is 2.55 bits per heavy atom. The monoisotopic (exact) mass is 272 g/mol. The van der Waals surface area contributed by atoms with Gasteiger partial charge in [-0.2, -0.15) is 0 Å². The van der Waals surface area contributed by atoms with Gasteiger partial charge in [0.1, 0.15) is 12.4 Å². The number of aromatic nitrogens is 1. The van der Waals surface area contributed by atoms with Crippen LogP contribution in [0, 0.1) is 6.92 Å². The first kappa shape index (κ1) is 14.3. The van der Waals surface area contributed by atoms with Gasteiger partial charge >= 0.3 is 5.97 Å². The Labute approximate surface area is 119 Å². The molecular formula is C16H20N2O2. The Bertz CT molecular complexity index is 644. The van der Waals surface area contributed by atoms with E-state index in [0.29, 0.717) is 0 Å². The number of benzene rings is 1. The number of carbonyl (C=O) groups is 1. The quantitative estimate of drug-likeness (QED) is 0.932. The van der Waals surface area contributed by atoms with Crippen LogP contribution in [0.2, 0.25) is 0 Å². The summed E-state index contributed by atoms with van der Waals surface area (Å²) in [5, 5.41) is 10.2. The lowest BCUT2D eigenvalue weighted by molar-refractivity contribution is -0.135. The number of carboxylic acid groups (broad SMARTS) is 1. The maximum absolute atomic E-state index is 11.1. The van der Waals surface area contributed by atoms with E-state index < -0.39 is 5.97 Å². The van der Waals surface area contributed by atoms with E-state index in [2.05, 4.69) is 11.1 Å². The number of hydrogen-bond acceptors (Lipinski definition) is 3. The molecule has 1 heterocycles. The van der Waals surface area contributed by atoms with Crippen molar-refractivity contribution in [3.05, 3.63) is 35.9 Å². The molecule has 106 valence electrons. The summed E-state index contributed by atoms with van der Waals surface area (Å²) < 4.78 is 0. The molecule has 2 rings (SSSR count). The molecule has 0 aliphatic rings. The third-order valence-corrected chi connectivity index (χ3v) is 3.25. The van der Waals surface area contributed by atoms with E-state index in [4.69, 9.17) is 5.11 Å². The van der Waals surface area contributed by atoms with Crippen molar-refractivity contribution in [2.75, 3.05) is 11.4 Å². The molecule has 0 aliphatic heterocycles. The lowest BCUT2D eigenvalue weighted by Crippen LogP contribution is -2.45. The molecule has 0 bridgehead atoms. The van der Waals surface area contributed by atoms with Crippen molar-refractivity contribution in [2.45, 2.75) is 33.2 Å². The Balaban J connectivity index is 2.58. The highest BCUT2D eigenvalue weighted by molar-refractivity contribution is 5.83. The van der Waals surface area contributed by atoms with E-state index >= 15 is 0 Å². The minimum absolute atomic E-state index is 0.0598. The third kappa shape index (κ3) is 2.90. The Morgan fingerprint density at radius 2 is 1.95 bits per heavy atom. The summed E-state index contributed by atoms with van der Waals surface area (Å²) in [5.74, 6) is -0.118. The largest absolute Gasteiger partial charge is 0.480 e. The molecule has 1 N–H and O–H groups in total. The van der Waals surface area contributed by atoms with Gasteiger partial charge in [0.15, 0.2) is 0 Å². The first-order valence-corrected chi connectivity index (χ1v) is 6.65. The summed E-state index contributed by atoms with van der Waals surface area (Å²) >= 11 is 0. The second kappa shape index (κ2) is 5.12. The van der Waals surface area contributed by atoms with Crippen LogP contribution in [0.5, 0.6) is 0 Å². The summed E-state index contributed by atoms with van der Waals surface area (Å²) in [6, 6.07) is 9.92. The average molecular weight is 272 g/mol. The predicted octanol–water partition coefficient (Wildman–Crippen LogP) is 3.23. The van der Waals surface area contributed by atoms with Crippen LogP contribution in [0.3, 0.4) is 0 Å². The normalized spacial score (nSPS) is 11.6. The molecule has 4 nitrogen and oxygen atoms in total. The molecule has 4 heteroatoms. The SMILES string of the molecule is Cc1cc2ccccc2nc1N(CC(=O)O)C(C)(C)C. The van der Waals surface area contributed by atoms with Gasteiger partial charge in [-0.1, -0.05) is 18.2 Å². The Hall–Kier alpha value is -2.10. The zero-order valence-electron chi connectivity index (χ0n) is 12.3. The van der Waals surface area contributed by atoms with Gasteiger partial charge in [-0.3, -0.25) is 4.79 Å². The number of fused-ring (bicyclic) bond motifs is 1. The maximum atomic E-state index is 11.1. The molecule has 0 aliphatic carbocycles. The van der Waals surface area contributed by atoms with E-state index in [0.717, 1.165) is 22.3 Å². The van der Waals surface area contributed by atoms with Crippen LogP contribution in [0.15, 0.2) is 30.3 Å². The number of para-hydroxylation sites is 1. The first-order chi connectivity index (χ1) is 9.29. The summed E-state index contributed by atoms with van der Waals surface area (Å²) in [6.07, 6.45) is 0. The molecule has 0 radical (unpaired) electrons. The molecule has 0 saturated heterocycles. The van der Waals surface area contributed by atoms with E-state index in [-0.39, 0.29) is 12.1 Å². The van der Waals surface area contributed by atoms with Crippen LogP contribution in [0.4, 0.5) is 5.82 Å². The fourth-order valence-electron chi connectivity index (χ4n) is 2.25. The molecule has 0 atom stereocenters. The number of pyridine rings is 1. The number of nitrogens with zero attached hydrogens (tertiary/aromatic N) is 2. The summed E-state index contributed by atoms with van der Waals surface area (Å²) in [6.45, 7) is 7.88. The second-order valence-corrected chi connectivity index (χ2v) is 5.97. The number of carboxylic acids is 1. The third-order valence-electron chi connectivity index (χ3n) is 3.25. The van der Waals surface area contributed by atoms with Crippen molar-refractivity contribution in [3.8, 4) is 0 Å². The van der Waals surface area contributed by atoms with Crippen molar-refractivity contribution in [3.63, 3.8) is 0 Å². The summed E-state index contributed by atoms with van der Waals surface area (Å²) in [5.41, 5.74) is 1.56. The molecule has 2 aromatic rings. The number of hydrogen-bond donors (Lipinski definition) is 1. The smallest absolute Gasteiger partial charge is 0.323 e. The zero-order chi connectivity index (χ0) is 14.9. The standard InChI is InChI=1S/C16H20N2O2/c1-11-9-12-7-5-6-8-13(12)17-15(11)18(10-14(19)20)16(2,3)4/h5-9H,10H2,1-4H3,(H,19,20). The first-order valence-electron chi connectivity index (χ1n) is 6.65. The summed E-state index contributed by atoms with van der Waals surface area (Å²) in [7, 11) is 0. The minimum atomic E-state index is -0.853. The van der Waals surface area contributed by atoms with Crippen molar-refractivity contribution in [1.82, 2.24) is 4.98 Å². The molecule has 1 aromatic carbocycles. The molecular weight excluding hydrogens is 252 g/mol. The number of aryl methyl sites for hydroxylation is 1. The van der Waals surface area contributed by atoms with Crippen LogP contribution >= 0.6 is 0 Å².